The Hall–Kier alpha value is -2.82. The van der Waals surface area contributed by atoms with Crippen LogP contribution in [0, 0.1) is 6.92 Å². The van der Waals surface area contributed by atoms with Crippen LogP contribution in [-0.4, -0.2) is 31.4 Å². The van der Waals surface area contributed by atoms with E-state index in [1.165, 1.54) is 0 Å². The summed E-state index contributed by atoms with van der Waals surface area (Å²) in [5.74, 6) is 0.753. The maximum absolute atomic E-state index is 12.9. The molecule has 2 aromatic carbocycles. The molecule has 0 saturated heterocycles. The zero-order chi connectivity index (χ0) is 18.8. The molecule has 136 valence electrons. The minimum Gasteiger partial charge on any atom is -0.495 e. The summed E-state index contributed by atoms with van der Waals surface area (Å²) in [6.45, 7) is 6.09. The molecule has 0 saturated carbocycles. The third-order valence-electron chi connectivity index (χ3n) is 4.76. The van der Waals surface area contributed by atoms with Crippen LogP contribution in [0.5, 0.6) is 5.75 Å². The summed E-state index contributed by atoms with van der Waals surface area (Å²) in [6, 6.07) is 11.0. The van der Waals surface area contributed by atoms with E-state index in [2.05, 4.69) is 5.32 Å². The van der Waals surface area contributed by atoms with Crippen LogP contribution >= 0.6 is 0 Å². The Morgan fingerprint density at radius 2 is 1.96 bits per heavy atom. The van der Waals surface area contributed by atoms with Gasteiger partial charge in [-0.05, 0) is 61.7 Å². The van der Waals surface area contributed by atoms with E-state index in [1.54, 1.807) is 25.0 Å². The number of amides is 1. The summed E-state index contributed by atoms with van der Waals surface area (Å²) in [5.41, 5.74) is 4.51. The second-order valence-electron chi connectivity index (χ2n) is 6.70. The number of benzene rings is 2. The Balaban J connectivity index is 1.80. The number of hydrogen-bond donors (Lipinski definition) is 1. The molecule has 0 aromatic heterocycles. The molecule has 1 aliphatic heterocycles. The lowest BCUT2D eigenvalue weighted by molar-refractivity contribution is -0.116. The number of nitrogens with one attached hydrogen (secondary N) is 1. The molecule has 3 rings (SSSR count). The van der Waals surface area contributed by atoms with Gasteiger partial charge in [-0.3, -0.25) is 9.59 Å². The Morgan fingerprint density at radius 3 is 2.65 bits per heavy atom. The normalized spacial score (nSPS) is 13.9. The molecule has 1 amide bonds. The minimum atomic E-state index is -0.394. The van der Waals surface area contributed by atoms with Crippen molar-refractivity contribution >= 4 is 23.1 Å². The molecular formula is C21H24N2O3. The van der Waals surface area contributed by atoms with E-state index >= 15 is 0 Å². The first-order valence-corrected chi connectivity index (χ1v) is 8.77. The first kappa shape index (κ1) is 18.0. The van der Waals surface area contributed by atoms with Gasteiger partial charge in [0, 0.05) is 24.7 Å². The lowest BCUT2D eigenvalue weighted by atomic mass is 10.0. The average Bonchev–Trinajstić information content (AvgIpc) is 3.04. The maximum Gasteiger partial charge on any atom is 0.223 e. The number of methoxy groups -OCH3 is 1. The first-order chi connectivity index (χ1) is 12.4. The highest BCUT2D eigenvalue weighted by molar-refractivity contribution is 6.03. The topological polar surface area (TPSA) is 58.6 Å². The van der Waals surface area contributed by atoms with Crippen LogP contribution in [0.15, 0.2) is 36.4 Å². The Labute approximate surface area is 154 Å². The number of carbonyl (C=O) groups is 2. The molecule has 0 radical (unpaired) electrons. The smallest absolute Gasteiger partial charge is 0.223 e. The number of hydrogen-bond acceptors (Lipinski definition) is 4. The Bertz CT molecular complexity index is 860. The highest BCUT2D eigenvalue weighted by Gasteiger charge is 2.24. The van der Waals surface area contributed by atoms with Gasteiger partial charge in [0.05, 0.1) is 18.8 Å². The maximum atomic E-state index is 12.9. The zero-order valence-electron chi connectivity index (χ0n) is 15.6. The fourth-order valence-electron chi connectivity index (χ4n) is 3.37. The number of carbonyl (C=O) groups excluding carboxylic acids is 2. The zero-order valence-corrected chi connectivity index (χ0v) is 15.6. The van der Waals surface area contributed by atoms with E-state index in [0.29, 0.717) is 17.9 Å². The molecule has 1 atom stereocenters. The second kappa shape index (κ2) is 7.20. The molecule has 2 aromatic rings. The summed E-state index contributed by atoms with van der Waals surface area (Å²) in [5, 5.41) is 3.26. The summed E-state index contributed by atoms with van der Waals surface area (Å²) in [7, 11) is 1.61. The van der Waals surface area contributed by atoms with Crippen molar-refractivity contribution in [2.24, 2.45) is 0 Å². The van der Waals surface area contributed by atoms with Gasteiger partial charge in [-0.2, -0.15) is 0 Å². The minimum absolute atomic E-state index is 0.0117. The highest BCUT2D eigenvalue weighted by atomic mass is 16.5. The summed E-state index contributed by atoms with van der Waals surface area (Å²) >= 11 is 0. The molecule has 0 unspecified atom stereocenters. The Kier molecular flexibility index (Phi) is 4.98. The standard InChI is InChI=1S/C21H24N2O3/c1-13-5-8-20(26-4)18(11-13)22-14(2)21(25)17-6-7-19-16(12-17)9-10-23(19)15(3)24/h5-8,11-12,14,22H,9-10H2,1-4H3/t14-/m0/s1. The quantitative estimate of drug-likeness (QED) is 0.836. The lowest BCUT2D eigenvalue weighted by Gasteiger charge is -2.18. The van der Waals surface area contributed by atoms with Gasteiger partial charge in [-0.25, -0.2) is 0 Å². The van der Waals surface area contributed by atoms with E-state index in [0.717, 1.165) is 28.9 Å². The van der Waals surface area contributed by atoms with Gasteiger partial charge < -0.3 is 15.0 Å². The van der Waals surface area contributed by atoms with Crippen LogP contribution in [0.25, 0.3) is 0 Å². The van der Waals surface area contributed by atoms with Gasteiger partial charge in [0.2, 0.25) is 5.91 Å². The number of Topliss-reactive ketones (excluding diaryl/α,β-unsaturated/α-hetero) is 1. The SMILES string of the molecule is COc1ccc(C)cc1N[C@@H](C)C(=O)c1ccc2c(c1)CCN2C(C)=O. The molecule has 1 N–H and O–H groups in total. The van der Waals surface area contributed by atoms with Crippen molar-refractivity contribution < 1.29 is 14.3 Å². The fraction of sp³-hybridized carbons (Fsp3) is 0.333. The third kappa shape index (κ3) is 3.43. The predicted octanol–water partition coefficient (Wildman–Crippen LogP) is 3.60. The largest absolute Gasteiger partial charge is 0.495 e. The van der Waals surface area contributed by atoms with E-state index < -0.39 is 6.04 Å². The van der Waals surface area contributed by atoms with Crippen LogP contribution in [-0.2, 0) is 11.2 Å². The van der Waals surface area contributed by atoms with E-state index in [4.69, 9.17) is 4.74 Å². The van der Waals surface area contributed by atoms with Crippen molar-refractivity contribution in [3.63, 3.8) is 0 Å². The molecule has 0 bridgehead atoms. The number of ketones is 1. The number of rotatable bonds is 5. The molecule has 5 nitrogen and oxygen atoms in total. The third-order valence-corrected chi connectivity index (χ3v) is 4.76. The van der Waals surface area contributed by atoms with E-state index in [1.807, 2.05) is 44.2 Å². The van der Waals surface area contributed by atoms with Gasteiger partial charge in [-0.1, -0.05) is 6.07 Å². The molecule has 1 heterocycles. The number of nitrogens with zero attached hydrogens (tertiary/aromatic N) is 1. The van der Waals surface area contributed by atoms with Gasteiger partial charge in [0.1, 0.15) is 5.75 Å². The van der Waals surface area contributed by atoms with Crippen molar-refractivity contribution in [3.8, 4) is 5.75 Å². The summed E-state index contributed by atoms with van der Waals surface area (Å²) < 4.78 is 5.37. The van der Waals surface area contributed by atoms with Crippen LogP contribution < -0.4 is 15.0 Å². The van der Waals surface area contributed by atoms with Crippen LogP contribution in [0.1, 0.15) is 35.3 Å². The molecule has 26 heavy (non-hydrogen) atoms. The number of aryl methyl sites for hydroxylation is 1. The Morgan fingerprint density at radius 1 is 1.19 bits per heavy atom. The van der Waals surface area contributed by atoms with E-state index in [-0.39, 0.29) is 11.7 Å². The van der Waals surface area contributed by atoms with Gasteiger partial charge in [-0.15, -0.1) is 0 Å². The fourth-order valence-corrected chi connectivity index (χ4v) is 3.37. The molecule has 0 spiro atoms. The molecule has 0 aliphatic carbocycles. The first-order valence-electron chi connectivity index (χ1n) is 8.77. The number of fused-ring (bicyclic) bond motifs is 1. The van der Waals surface area contributed by atoms with Crippen molar-refractivity contribution in [2.45, 2.75) is 33.2 Å². The van der Waals surface area contributed by atoms with Gasteiger partial charge in [0.25, 0.3) is 0 Å². The monoisotopic (exact) mass is 352 g/mol. The van der Waals surface area contributed by atoms with Crippen LogP contribution in [0.2, 0.25) is 0 Å². The number of anilines is 2. The number of ether oxygens (including phenoxy) is 1. The molecule has 5 heteroatoms. The van der Waals surface area contributed by atoms with Crippen molar-refractivity contribution in [1.82, 2.24) is 0 Å². The molecule has 1 aliphatic rings. The van der Waals surface area contributed by atoms with Gasteiger partial charge >= 0.3 is 0 Å². The molecular weight excluding hydrogens is 328 g/mol. The summed E-state index contributed by atoms with van der Waals surface area (Å²) in [4.78, 5) is 26.3. The predicted molar refractivity (Wildman–Crippen MR) is 103 cm³/mol. The van der Waals surface area contributed by atoms with Crippen molar-refractivity contribution in [3.05, 3.63) is 53.1 Å². The van der Waals surface area contributed by atoms with Crippen molar-refractivity contribution in [2.75, 3.05) is 23.9 Å². The van der Waals surface area contributed by atoms with E-state index in [9.17, 15) is 9.59 Å². The van der Waals surface area contributed by atoms with Crippen LogP contribution in [0.4, 0.5) is 11.4 Å². The summed E-state index contributed by atoms with van der Waals surface area (Å²) in [6.07, 6.45) is 0.781. The van der Waals surface area contributed by atoms with Crippen molar-refractivity contribution in [1.29, 1.82) is 0 Å². The average molecular weight is 352 g/mol. The van der Waals surface area contributed by atoms with Crippen LogP contribution in [0.3, 0.4) is 0 Å². The second-order valence-corrected chi connectivity index (χ2v) is 6.70. The van der Waals surface area contributed by atoms with Gasteiger partial charge in [0.15, 0.2) is 5.78 Å². The lowest BCUT2D eigenvalue weighted by Crippen LogP contribution is -2.27. The highest BCUT2D eigenvalue weighted by Crippen LogP contribution is 2.30. The molecule has 0 fully saturated rings.